The summed E-state index contributed by atoms with van der Waals surface area (Å²) in [4.78, 5) is 11.7. The van der Waals surface area contributed by atoms with Crippen LogP contribution in [0.3, 0.4) is 0 Å². The number of hydrogen-bond donors (Lipinski definition) is 2. The van der Waals surface area contributed by atoms with Gasteiger partial charge in [-0.2, -0.15) is 4.31 Å². The summed E-state index contributed by atoms with van der Waals surface area (Å²) in [6, 6.07) is -0.620. The lowest BCUT2D eigenvalue weighted by Gasteiger charge is -2.28. The molecule has 6 nitrogen and oxygen atoms in total. The van der Waals surface area contributed by atoms with Gasteiger partial charge >= 0.3 is 0 Å². The highest BCUT2D eigenvalue weighted by atomic mass is 32.2. The third kappa shape index (κ3) is 3.48. The Morgan fingerprint density at radius 2 is 2.18 bits per heavy atom. The number of carbonyl (C=O) groups is 1. The molecule has 1 fully saturated rings. The molecule has 0 radical (unpaired) electrons. The maximum absolute atomic E-state index is 11.8. The molecular weight excluding hydrogens is 244 g/mol. The van der Waals surface area contributed by atoms with Crippen molar-refractivity contribution in [3.8, 4) is 0 Å². The summed E-state index contributed by atoms with van der Waals surface area (Å²) >= 11 is -1.65. The average molecular weight is 264 g/mol. The van der Waals surface area contributed by atoms with Crippen molar-refractivity contribution in [2.45, 2.75) is 32.7 Å². The number of hydrogen-bond acceptors (Lipinski definition) is 4. The predicted molar refractivity (Wildman–Crippen MR) is 63.1 cm³/mol. The first kappa shape index (κ1) is 14.6. The quantitative estimate of drug-likeness (QED) is 0.573. The van der Waals surface area contributed by atoms with Crippen LogP contribution in [0.25, 0.3) is 0 Å². The Balaban J connectivity index is 2.95. The predicted octanol–water partition coefficient (Wildman–Crippen LogP) is 0.453. The van der Waals surface area contributed by atoms with Crippen molar-refractivity contribution in [2.75, 3.05) is 13.7 Å². The van der Waals surface area contributed by atoms with E-state index < -0.39 is 23.2 Å². The summed E-state index contributed by atoms with van der Waals surface area (Å²) < 4.78 is 18.0. The molecule has 1 heterocycles. The number of carbonyl (C=O) groups excluding carboxylic acids is 1. The van der Waals surface area contributed by atoms with Crippen LogP contribution in [0.1, 0.15) is 26.7 Å². The van der Waals surface area contributed by atoms with Gasteiger partial charge < -0.3 is 0 Å². The van der Waals surface area contributed by atoms with Crippen molar-refractivity contribution >= 4 is 17.2 Å². The first-order valence-electron chi connectivity index (χ1n) is 5.68. The highest BCUT2D eigenvalue weighted by molar-refractivity contribution is 7.77. The number of amides is 1. The maximum Gasteiger partial charge on any atom is 0.262 e. The van der Waals surface area contributed by atoms with Gasteiger partial charge in [-0.1, -0.05) is 13.8 Å². The van der Waals surface area contributed by atoms with Crippen molar-refractivity contribution in [1.29, 1.82) is 0 Å². The minimum atomic E-state index is -1.65. The van der Waals surface area contributed by atoms with Crippen LogP contribution in [0.4, 0.5) is 0 Å². The van der Waals surface area contributed by atoms with Gasteiger partial charge in [0.15, 0.2) is 0 Å². The maximum atomic E-state index is 11.8. The number of hydroxylamine groups is 1. The molecule has 4 atom stereocenters. The van der Waals surface area contributed by atoms with Gasteiger partial charge in [0.05, 0.1) is 7.11 Å². The van der Waals surface area contributed by atoms with E-state index in [4.69, 9.17) is 9.39 Å². The van der Waals surface area contributed by atoms with E-state index in [-0.39, 0.29) is 5.92 Å². The lowest BCUT2D eigenvalue weighted by atomic mass is 9.92. The smallest absolute Gasteiger partial charge is 0.262 e. The Morgan fingerprint density at radius 1 is 1.53 bits per heavy atom. The van der Waals surface area contributed by atoms with Crippen molar-refractivity contribution in [2.24, 2.45) is 11.8 Å². The molecule has 2 N–H and O–H groups in total. The number of nitrogens with zero attached hydrogens (tertiary/aromatic N) is 1. The highest BCUT2D eigenvalue weighted by Gasteiger charge is 2.37. The SMILES string of the molecule is COS(=O)N1CCC(C)CC(C)C1C(=O)NO. The van der Waals surface area contributed by atoms with Crippen LogP contribution in [0, 0.1) is 11.8 Å². The molecule has 0 saturated carbocycles. The Hall–Kier alpha value is -0.500. The molecule has 1 aliphatic heterocycles. The Bertz CT molecular complexity index is 300. The molecule has 1 saturated heterocycles. The largest absolute Gasteiger partial charge is 0.289 e. The second-order valence-corrected chi connectivity index (χ2v) is 5.79. The second-order valence-electron chi connectivity index (χ2n) is 4.55. The minimum absolute atomic E-state index is 0.0127. The lowest BCUT2D eigenvalue weighted by molar-refractivity contribution is -0.134. The molecule has 100 valence electrons. The van der Waals surface area contributed by atoms with Gasteiger partial charge in [-0.05, 0) is 24.7 Å². The van der Waals surface area contributed by atoms with Crippen molar-refractivity contribution < 1.29 is 18.4 Å². The van der Waals surface area contributed by atoms with Crippen LogP contribution < -0.4 is 5.48 Å². The van der Waals surface area contributed by atoms with Gasteiger partial charge in [0, 0.05) is 6.54 Å². The summed E-state index contributed by atoms with van der Waals surface area (Å²) in [5.41, 5.74) is 1.65. The molecule has 4 unspecified atom stereocenters. The summed E-state index contributed by atoms with van der Waals surface area (Å²) in [6.45, 7) is 4.54. The lowest BCUT2D eigenvalue weighted by Crippen LogP contribution is -2.50. The van der Waals surface area contributed by atoms with Crippen molar-refractivity contribution in [3.63, 3.8) is 0 Å². The summed E-state index contributed by atoms with van der Waals surface area (Å²) in [6.07, 6.45) is 1.71. The normalized spacial score (nSPS) is 32.8. The van der Waals surface area contributed by atoms with Crippen LogP contribution in [0.15, 0.2) is 0 Å². The van der Waals surface area contributed by atoms with E-state index in [2.05, 4.69) is 6.92 Å². The molecular formula is C10H20N2O4S. The standard InChI is InChI=1S/C10H20N2O4S/c1-7-4-5-12(17(15)16-3)9(8(2)6-7)10(13)11-14/h7-9,14H,4-6H2,1-3H3,(H,11,13). The fourth-order valence-electron chi connectivity index (χ4n) is 2.37. The zero-order valence-electron chi connectivity index (χ0n) is 10.4. The zero-order valence-corrected chi connectivity index (χ0v) is 11.2. The molecule has 0 spiro atoms. The third-order valence-corrected chi connectivity index (χ3v) is 4.26. The molecule has 1 aliphatic rings. The van der Waals surface area contributed by atoms with E-state index in [1.54, 1.807) is 5.48 Å². The van der Waals surface area contributed by atoms with E-state index in [0.29, 0.717) is 12.5 Å². The van der Waals surface area contributed by atoms with Gasteiger partial charge in [-0.3, -0.25) is 14.2 Å². The Kier molecular flexibility index (Phi) is 5.51. The van der Waals surface area contributed by atoms with Crippen LogP contribution in [0.2, 0.25) is 0 Å². The zero-order chi connectivity index (χ0) is 13.0. The first-order chi connectivity index (χ1) is 8.01. The van der Waals surface area contributed by atoms with E-state index in [0.717, 1.165) is 12.8 Å². The van der Waals surface area contributed by atoms with Crippen LogP contribution in [-0.2, 0) is 20.2 Å². The summed E-state index contributed by atoms with van der Waals surface area (Å²) in [7, 11) is 1.34. The molecule has 7 heteroatoms. The van der Waals surface area contributed by atoms with E-state index in [1.807, 2.05) is 6.92 Å². The molecule has 0 aromatic rings. The van der Waals surface area contributed by atoms with E-state index in [1.165, 1.54) is 11.4 Å². The molecule has 0 aliphatic carbocycles. The second kappa shape index (κ2) is 6.44. The fraction of sp³-hybridized carbons (Fsp3) is 0.900. The summed E-state index contributed by atoms with van der Waals surface area (Å²) in [5.74, 6) is -0.0615. The monoisotopic (exact) mass is 264 g/mol. The molecule has 1 amide bonds. The van der Waals surface area contributed by atoms with Gasteiger partial charge in [-0.15, -0.1) is 0 Å². The van der Waals surface area contributed by atoms with Gasteiger partial charge in [0.2, 0.25) is 11.3 Å². The Labute approximate surface area is 104 Å². The molecule has 17 heavy (non-hydrogen) atoms. The summed E-state index contributed by atoms with van der Waals surface area (Å²) in [5, 5.41) is 8.77. The van der Waals surface area contributed by atoms with Crippen LogP contribution in [0.5, 0.6) is 0 Å². The number of nitrogens with one attached hydrogen (secondary N) is 1. The molecule has 0 aromatic heterocycles. The van der Waals surface area contributed by atoms with Crippen molar-refractivity contribution in [1.82, 2.24) is 9.79 Å². The molecule has 1 rings (SSSR count). The minimum Gasteiger partial charge on any atom is -0.289 e. The molecule has 0 bridgehead atoms. The van der Waals surface area contributed by atoms with Gasteiger partial charge in [0.25, 0.3) is 5.91 Å². The number of rotatable bonds is 3. The van der Waals surface area contributed by atoms with Crippen LogP contribution >= 0.6 is 0 Å². The fourth-order valence-corrected chi connectivity index (χ4v) is 3.31. The molecule has 0 aromatic carbocycles. The van der Waals surface area contributed by atoms with Crippen molar-refractivity contribution in [3.05, 3.63) is 0 Å². The van der Waals surface area contributed by atoms with Gasteiger partial charge in [-0.25, -0.2) is 9.69 Å². The third-order valence-electron chi connectivity index (χ3n) is 3.18. The topological polar surface area (TPSA) is 78.9 Å². The average Bonchev–Trinajstić information content (AvgIpc) is 2.45. The van der Waals surface area contributed by atoms with E-state index >= 15 is 0 Å². The van der Waals surface area contributed by atoms with E-state index in [9.17, 15) is 9.00 Å². The van der Waals surface area contributed by atoms with Crippen LogP contribution in [-0.4, -0.2) is 39.3 Å². The van der Waals surface area contributed by atoms with Gasteiger partial charge in [0.1, 0.15) is 6.04 Å². The first-order valence-corrected chi connectivity index (χ1v) is 6.71. The highest BCUT2D eigenvalue weighted by Crippen LogP contribution is 2.27. The Morgan fingerprint density at radius 3 is 2.71 bits per heavy atom.